The van der Waals surface area contributed by atoms with Crippen molar-refractivity contribution in [3.63, 3.8) is 0 Å². The van der Waals surface area contributed by atoms with Crippen molar-refractivity contribution in [2.75, 3.05) is 16.8 Å². The van der Waals surface area contributed by atoms with Crippen molar-refractivity contribution in [1.29, 1.82) is 0 Å². The summed E-state index contributed by atoms with van der Waals surface area (Å²) < 4.78 is 5.95. The number of aryl methyl sites for hydroxylation is 1. The second-order valence-corrected chi connectivity index (χ2v) is 9.63. The summed E-state index contributed by atoms with van der Waals surface area (Å²) in [5.41, 5.74) is 2.50. The van der Waals surface area contributed by atoms with Crippen LogP contribution < -0.4 is 25.6 Å². The van der Waals surface area contributed by atoms with Gasteiger partial charge < -0.3 is 20.7 Å². The molecule has 1 saturated heterocycles. The van der Waals surface area contributed by atoms with E-state index < -0.39 is 0 Å². The number of urea groups is 1. The van der Waals surface area contributed by atoms with Crippen LogP contribution in [0, 0.1) is 6.92 Å². The van der Waals surface area contributed by atoms with Gasteiger partial charge in [0, 0.05) is 19.2 Å². The number of carbonyl (C=O) groups is 3. The molecule has 1 atom stereocenters. The number of aromatic nitrogens is 1. The molecule has 4 aromatic rings. The zero-order valence-electron chi connectivity index (χ0n) is 19.2. The van der Waals surface area contributed by atoms with Crippen LogP contribution in [0.3, 0.4) is 0 Å². The Morgan fingerprint density at radius 2 is 1.97 bits per heavy atom. The van der Waals surface area contributed by atoms with Crippen LogP contribution in [-0.4, -0.2) is 35.4 Å². The van der Waals surface area contributed by atoms with E-state index in [4.69, 9.17) is 4.74 Å². The second-order valence-electron chi connectivity index (χ2n) is 8.63. The summed E-state index contributed by atoms with van der Waals surface area (Å²) in [6, 6.07) is 15.9. The Morgan fingerprint density at radius 1 is 1.14 bits per heavy atom. The molecule has 0 radical (unpaired) electrons. The number of nitrogens with zero attached hydrogens (tertiary/aromatic N) is 2. The fourth-order valence-corrected chi connectivity index (χ4v) is 5.56. The molecule has 0 spiro atoms. The van der Waals surface area contributed by atoms with Crippen LogP contribution in [0.25, 0.3) is 10.2 Å². The quantitative estimate of drug-likeness (QED) is 0.369. The Morgan fingerprint density at radius 3 is 2.72 bits per heavy atom. The van der Waals surface area contributed by atoms with Crippen LogP contribution >= 0.6 is 11.3 Å². The fraction of sp³-hybridized carbons (Fsp3) is 0.154. The van der Waals surface area contributed by atoms with E-state index >= 15 is 0 Å². The molecule has 4 heterocycles. The van der Waals surface area contributed by atoms with E-state index in [2.05, 4.69) is 20.9 Å². The minimum Gasteiger partial charge on any atom is -0.457 e. The van der Waals surface area contributed by atoms with E-state index in [9.17, 15) is 14.4 Å². The highest BCUT2D eigenvalue weighted by Crippen LogP contribution is 2.47. The molecule has 2 aliphatic rings. The monoisotopic (exact) mass is 499 g/mol. The number of pyridine rings is 1. The van der Waals surface area contributed by atoms with Crippen LogP contribution in [0.5, 0.6) is 11.5 Å². The molecular formula is C26H21N5O4S. The van der Waals surface area contributed by atoms with Crippen LogP contribution in [-0.2, 0) is 4.79 Å². The van der Waals surface area contributed by atoms with Gasteiger partial charge in [0.25, 0.3) is 5.91 Å². The average Bonchev–Trinajstić information content (AvgIpc) is 3.45. The number of ether oxygens (including phenoxy) is 1. The van der Waals surface area contributed by atoms with Crippen molar-refractivity contribution in [2.24, 2.45) is 0 Å². The summed E-state index contributed by atoms with van der Waals surface area (Å²) in [7, 11) is 0. The van der Waals surface area contributed by atoms with Crippen LogP contribution in [0.15, 0.2) is 60.8 Å². The third-order valence-electron chi connectivity index (χ3n) is 6.14. The van der Waals surface area contributed by atoms with Gasteiger partial charge in [-0.25, -0.2) is 9.78 Å². The Balaban J connectivity index is 1.41. The molecule has 9 nitrogen and oxygen atoms in total. The number of benzene rings is 2. The van der Waals surface area contributed by atoms with Crippen LogP contribution in [0.1, 0.15) is 21.7 Å². The highest BCUT2D eigenvalue weighted by Gasteiger charge is 2.35. The van der Waals surface area contributed by atoms with E-state index in [1.165, 1.54) is 16.2 Å². The van der Waals surface area contributed by atoms with Gasteiger partial charge in [0.15, 0.2) is 0 Å². The second kappa shape index (κ2) is 8.65. The normalized spacial score (nSPS) is 16.6. The first kappa shape index (κ1) is 22.1. The van der Waals surface area contributed by atoms with Gasteiger partial charge in [-0.2, -0.15) is 0 Å². The maximum Gasteiger partial charge on any atom is 0.331 e. The van der Waals surface area contributed by atoms with E-state index in [1.807, 2.05) is 43.3 Å². The molecule has 1 fully saturated rings. The van der Waals surface area contributed by atoms with Gasteiger partial charge in [-0.3, -0.25) is 14.5 Å². The SMILES string of the molecule is Cc1cc(Oc2ccccc2)ccc1N1C(=O)Nc2ccnc3sc(C(=O)NC4CNC(=O)C4)c1c23. The number of rotatable bonds is 5. The summed E-state index contributed by atoms with van der Waals surface area (Å²) in [4.78, 5) is 45.3. The molecule has 2 aromatic heterocycles. The number of anilines is 3. The lowest BCUT2D eigenvalue weighted by atomic mass is 10.1. The Labute approximate surface area is 210 Å². The van der Waals surface area contributed by atoms with Crippen molar-refractivity contribution in [3.05, 3.63) is 71.2 Å². The smallest absolute Gasteiger partial charge is 0.331 e. The number of carbonyl (C=O) groups excluding carboxylic acids is 3. The lowest BCUT2D eigenvalue weighted by molar-refractivity contribution is -0.119. The predicted molar refractivity (Wildman–Crippen MR) is 137 cm³/mol. The molecule has 1 unspecified atom stereocenters. The maximum absolute atomic E-state index is 13.4. The average molecular weight is 500 g/mol. The highest BCUT2D eigenvalue weighted by atomic mass is 32.1. The van der Waals surface area contributed by atoms with Gasteiger partial charge >= 0.3 is 6.03 Å². The molecule has 4 amide bonds. The minimum absolute atomic E-state index is 0.101. The van der Waals surface area contributed by atoms with Crippen molar-refractivity contribution >= 4 is 56.5 Å². The fourth-order valence-electron chi connectivity index (χ4n) is 4.51. The topological polar surface area (TPSA) is 113 Å². The van der Waals surface area contributed by atoms with Gasteiger partial charge in [-0.1, -0.05) is 18.2 Å². The van der Waals surface area contributed by atoms with Gasteiger partial charge in [0.05, 0.1) is 28.5 Å². The van der Waals surface area contributed by atoms with Crippen LogP contribution in [0.4, 0.5) is 21.9 Å². The van der Waals surface area contributed by atoms with Gasteiger partial charge in [0.2, 0.25) is 5.91 Å². The first-order chi connectivity index (χ1) is 17.5. The van der Waals surface area contributed by atoms with E-state index in [0.29, 0.717) is 50.2 Å². The number of hydrogen-bond acceptors (Lipinski definition) is 6. The third kappa shape index (κ3) is 3.81. The van der Waals surface area contributed by atoms with E-state index in [1.54, 1.807) is 24.4 Å². The lowest BCUT2D eigenvalue weighted by Crippen LogP contribution is -2.38. The summed E-state index contributed by atoms with van der Waals surface area (Å²) in [5, 5.41) is 9.28. The van der Waals surface area contributed by atoms with Crippen molar-refractivity contribution in [3.8, 4) is 11.5 Å². The zero-order chi connectivity index (χ0) is 24.8. The number of para-hydroxylation sites is 1. The van der Waals surface area contributed by atoms with Crippen molar-refractivity contribution in [2.45, 2.75) is 19.4 Å². The Bertz CT molecular complexity index is 1530. The summed E-state index contributed by atoms with van der Waals surface area (Å²) in [6.07, 6.45) is 1.83. The molecule has 0 aliphatic carbocycles. The molecule has 36 heavy (non-hydrogen) atoms. The lowest BCUT2D eigenvalue weighted by Gasteiger charge is -2.29. The summed E-state index contributed by atoms with van der Waals surface area (Å²) >= 11 is 1.22. The van der Waals surface area contributed by atoms with Gasteiger partial charge in [-0.15, -0.1) is 11.3 Å². The largest absolute Gasteiger partial charge is 0.457 e. The number of amides is 4. The van der Waals surface area contributed by atoms with Crippen molar-refractivity contribution < 1.29 is 19.1 Å². The first-order valence-corrected chi connectivity index (χ1v) is 12.2. The molecular weight excluding hydrogens is 478 g/mol. The summed E-state index contributed by atoms with van der Waals surface area (Å²) in [5.74, 6) is 0.894. The Hall–Kier alpha value is -4.44. The van der Waals surface area contributed by atoms with Gasteiger partial charge in [-0.05, 0) is 48.9 Å². The molecule has 10 heteroatoms. The summed E-state index contributed by atoms with van der Waals surface area (Å²) in [6.45, 7) is 2.26. The number of thiophene rings is 1. The third-order valence-corrected chi connectivity index (χ3v) is 7.23. The molecule has 3 N–H and O–H groups in total. The van der Waals surface area contributed by atoms with Crippen molar-refractivity contribution in [1.82, 2.24) is 15.6 Å². The van der Waals surface area contributed by atoms with Gasteiger partial charge in [0.1, 0.15) is 21.2 Å². The molecule has 2 aromatic carbocycles. The minimum atomic E-state index is -0.375. The molecule has 6 rings (SSSR count). The highest BCUT2D eigenvalue weighted by molar-refractivity contribution is 7.21. The molecule has 0 bridgehead atoms. The van der Waals surface area contributed by atoms with E-state index in [0.717, 1.165) is 5.56 Å². The molecule has 0 saturated carbocycles. The molecule has 180 valence electrons. The predicted octanol–water partition coefficient (Wildman–Crippen LogP) is 4.70. The Kier molecular flexibility index (Phi) is 5.30. The van der Waals surface area contributed by atoms with Crippen LogP contribution in [0.2, 0.25) is 0 Å². The molecule has 2 aliphatic heterocycles. The van der Waals surface area contributed by atoms with E-state index in [-0.39, 0.29) is 30.3 Å². The maximum atomic E-state index is 13.4. The standard InChI is InChI=1S/C26H21N5O4S/c1-14-11-17(35-16-5-3-2-4-6-16)7-8-19(14)31-22-21-18(30-26(31)34)9-10-27-25(21)36-23(22)24(33)29-15-12-20(32)28-13-15/h2-11,15H,12-13H2,1H3,(H,28,32)(H,29,33)(H,30,34). The number of hydrogen-bond donors (Lipinski definition) is 3. The first-order valence-electron chi connectivity index (χ1n) is 11.4. The number of nitrogens with one attached hydrogen (secondary N) is 3. The zero-order valence-corrected chi connectivity index (χ0v) is 20.0.